The molecule has 0 fully saturated rings. The van der Waals surface area contributed by atoms with Gasteiger partial charge in [0.05, 0.1) is 0 Å². The molecule has 0 rings (SSSR count). The zero-order valence-electron chi connectivity index (χ0n) is 30.5. The highest BCUT2D eigenvalue weighted by Gasteiger charge is 2.19. The summed E-state index contributed by atoms with van der Waals surface area (Å²) in [5.74, 6) is -0.955. The van der Waals surface area contributed by atoms with Gasteiger partial charge < -0.3 is 14.2 Å². The van der Waals surface area contributed by atoms with E-state index in [1.807, 2.05) is 0 Å². The molecule has 0 aromatic rings. The number of ether oxygens (including phenoxy) is 3. The van der Waals surface area contributed by atoms with Gasteiger partial charge in [-0.05, 0) is 57.8 Å². The average Bonchev–Trinajstić information content (AvgIpc) is 3.06. The minimum absolute atomic E-state index is 0.0869. The van der Waals surface area contributed by atoms with E-state index in [-0.39, 0.29) is 31.1 Å². The molecule has 6 nitrogen and oxygen atoms in total. The topological polar surface area (TPSA) is 78.9 Å². The lowest BCUT2D eigenvalue weighted by atomic mass is 10.1. The molecule has 0 N–H and O–H groups in total. The Balaban J connectivity index is 4.35. The van der Waals surface area contributed by atoms with Crippen LogP contribution in [0.5, 0.6) is 0 Å². The third-order valence-corrected chi connectivity index (χ3v) is 7.85. The Morgan fingerprint density at radius 2 is 0.830 bits per heavy atom. The summed E-state index contributed by atoms with van der Waals surface area (Å²) >= 11 is 0. The van der Waals surface area contributed by atoms with Crippen molar-refractivity contribution < 1.29 is 28.6 Å². The van der Waals surface area contributed by atoms with Crippen LogP contribution in [0.25, 0.3) is 0 Å². The van der Waals surface area contributed by atoms with Crippen molar-refractivity contribution in [3.63, 3.8) is 0 Å². The van der Waals surface area contributed by atoms with Gasteiger partial charge >= 0.3 is 17.9 Å². The van der Waals surface area contributed by atoms with Crippen molar-refractivity contribution in [2.24, 2.45) is 0 Å². The summed E-state index contributed by atoms with van der Waals surface area (Å²) < 4.78 is 16.4. The van der Waals surface area contributed by atoms with E-state index < -0.39 is 6.10 Å². The maximum atomic E-state index is 12.5. The second kappa shape index (κ2) is 36.2. The van der Waals surface area contributed by atoms with Crippen molar-refractivity contribution in [1.29, 1.82) is 0 Å². The van der Waals surface area contributed by atoms with Crippen molar-refractivity contribution in [2.75, 3.05) is 13.2 Å². The van der Waals surface area contributed by atoms with Gasteiger partial charge in [-0.2, -0.15) is 0 Å². The highest BCUT2D eigenvalue weighted by molar-refractivity contribution is 5.71. The highest BCUT2D eigenvalue weighted by atomic mass is 16.6. The summed E-state index contributed by atoms with van der Waals surface area (Å²) in [7, 11) is 0. The fourth-order valence-electron chi connectivity index (χ4n) is 4.96. The van der Waals surface area contributed by atoms with E-state index in [9.17, 15) is 14.4 Å². The van der Waals surface area contributed by atoms with Gasteiger partial charge in [0, 0.05) is 19.3 Å². The van der Waals surface area contributed by atoms with E-state index in [4.69, 9.17) is 14.2 Å². The fraction of sp³-hybridized carbons (Fsp3) is 0.732. The van der Waals surface area contributed by atoms with Gasteiger partial charge in [0.2, 0.25) is 0 Å². The summed E-state index contributed by atoms with van der Waals surface area (Å²) in [6.07, 6.45) is 39.8. The molecule has 0 aliphatic heterocycles. The normalized spacial score (nSPS) is 12.5. The van der Waals surface area contributed by atoms with Gasteiger partial charge in [0.1, 0.15) is 13.2 Å². The summed E-state index contributed by atoms with van der Waals surface area (Å²) in [6.45, 7) is 6.34. The molecule has 1 unspecified atom stereocenters. The third-order valence-electron chi connectivity index (χ3n) is 7.85. The smallest absolute Gasteiger partial charge is 0.306 e. The van der Waals surface area contributed by atoms with Gasteiger partial charge in [-0.25, -0.2) is 0 Å². The Hall–Kier alpha value is -2.63. The van der Waals surface area contributed by atoms with Gasteiger partial charge in [-0.1, -0.05) is 146 Å². The number of carbonyl (C=O) groups is 3. The minimum Gasteiger partial charge on any atom is -0.462 e. The van der Waals surface area contributed by atoms with Crippen molar-refractivity contribution in [1.82, 2.24) is 0 Å². The van der Waals surface area contributed by atoms with Crippen LogP contribution in [0.2, 0.25) is 0 Å². The summed E-state index contributed by atoms with van der Waals surface area (Å²) in [5, 5.41) is 0. The quantitative estimate of drug-likeness (QED) is 0.0302. The number of rotatable bonds is 33. The Morgan fingerprint density at radius 3 is 1.30 bits per heavy atom. The molecule has 270 valence electrons. The summed E-state index contributed by atoms with van der Waals surface area (Å²) in [5.41, 5.74) is 0. The van der Waals surface area contributed by atoms with Gasteiger partial charge in [-0.15, -0.1) is 0 Å². The number of esters is 3. The molecule has 0 saturated carbocycles. The predicted molar refractivity (Wildman–Crippen MR) is 196 cm³/mol. The van der Waals surface area contributed by atoms with E-state index in [0.717, 1.165) is 89.9 Å². The van der Waals surface area contributed by atoms with Crippen LogP contribution in [0, 0.1) is 0 Å². The number of allylic oxidation sites excluding steroid dienone is 8. The first kappa shape index (κ1) is 44.4. The molecule has 0 spiro atoms. The van der Waals surface area contributed by atoms with Crippen LogP contribution in [0.15, 0.2) is 48.6 Å². The molecule has 6 heteroatoms. The third kappa shape index (κ3) is 34.5. The molecule has 0 amide bonds. The van der Waals surface area contributed by atoms with E-state index in [1.165, 1.54) is 44.9 Å². The monoisotopic (exact) mass is 659 g/mol. The molecule has 0 heterocycles. The summed E-state index contributed by atoms with van der Waals surface area (Å²) in [4.78, 5) is 37.2. The Bertz CT molecular complexity index is 856. The fourth-order valence-corrected chi connectivity index (χ4v) is 4.96. The molecule has 0 aliphatic carbocycles. The standard InChI is InChI=1S/C41H70O6/c1-4-7-10-13-15-17-18-19-20-21-22-24-25-28-31-34-40(43)46-37-38(36-45-39(42)33-30-27-12-9-6-3)47-41(44)35-32-29-26-23-16-14-11-8-5-2/h7,10,15,17,19-20,22,24,38H,4-6,8-9,11-14,16,18,21,23,25-37H2,1-3H3/b10-7-,17-15-,20-19-,24-22-. The maximum Gasteiger partial charge on any atom is 0.306 e. The van der Waals surface area contributed by atoms with Crippen LogP contribution < -0.4 is 0 Å². The van der Waals surface area contributed by atoms with Crippen LogP contribution in [-0.2, 0) is 28.6 Å². The second-order valence-electron chi connectivity index (χ2n) is 12.5. The van der Waals surface area contributed by atoms with Crippen LogP contribution >= 0.6 is 0 Å². The molecule has 0 aromatic heterocycles. The van der Waals surface area contributed by atoms with Crippen molar-refractivity contribution in [3.05, 3.63) is 48.6 Å². The Kier molecular flexibility index (Phi) is 34.2. The Morgan fingerprint density at radius 1 is 0.447 bits per heavy atom. The molecule has 47 heavy (non-hydrogen) atoms. The van der Waals surface area contributed by atoms with E-state index in [0.29, 0.717) is 19.3 Å². The average molecular weight is 659 g/mol. The second-order valence-corrected chi connectivity index (χ2v) is 12.5. The van der Waals surface area contributed by atoms with E-state index in [1.54, 1.807) is 0 Å². The largest absolute Gasteiger partial charge is 0.462 e. The van der Waals surface area contributed by atoms with Crippen LogP contribution in [-0.4, -0.2) is 37.2 Å². The first-order valence-electron chi connectivity index (χ1n) is 19.1. The van der Waals surface area contributed by atoms with Crippen LogP contribution in [0.1, 0.15) is 175 Å². The highest BCUT2D eigenvalue weighted by Crippen LogP contribution is 2.12. The van der Waals surface area contributed by atoms with Gasteiger partial charge in [-0.3, -0.25) is 14.4 Å². The van der Waals surface area contributed by atoms with Crippen molar-refractivity contribution >= 4 is 17.9 Å². The molecule has 0 bridgehead atoms. The first-order valence-corrected chi connectivity index (χ1v) is 19.1. The molecular formula is C41H70O6. The minimum atomic E-state index is -0.779. The van der Waals surface area contributed by atoms with Crippen LogP contribution in [0.3, 0.4) is 0 Å². The van der Waals surface area contributed by atoms with Crippen LogP contribution in [0.4, 0.5) is 0 Å². The number of carbonyl (C=O) groups excluding carboxylic acids is 3. The number of hydrogen-bond donors (Lipinski definition) is 0. The molecule has 0 aliphatic rings. The van der Waals surface area contributed by atoms with Crippen molar-refractivity contribution in [2.45, 2.75) is 181 Å². The molecule has 0 saturated heterocycles. The van der Waals surface area contributed by atoms with Gasteiger partial charge in [0.25, 0.3) is 0 Å². The molecule has 0 aromatic carbocycles. The predicted octanol–water partition coefficient (Wildman–Crippen LogP) is 11.6. The van der Waals surface area contributed by atoms with E-state index in [2.05, 4.69) is 69.4 Å². The van der Waals surface area contributed by atoms with Gasteiger partial charge in [0.15, 0.2) is 6.10 Å². The molecular weight excluding hydrogens is 588 g/mol. The first-order chi connectivity index (χ1) is 23.0. The van der Waals surface area contributed by atoms with E-state index >= 15 is 0 Å². The Labute approximate surface area is 288 Å². The number of hydrogen-bond acceptors (Lipinski definition) is 6. The lowest BCUT2D eigenvalue weighted by Gasteiger charge is -2.18. The summed E-state index contributed by atoms with van der Waals surface area (Å²) in [6, 6.07) is 0. The molecule has 0 radical (unpaired) electrons. The SMILES string of the molecule is CC/C=C\C/C=C\C/C=C\C/C=C\CCCCC(=O)OCC(COC(=O)CCCCCCC)OC(=O)CCCCCCCCCCC. The zero-order chi connectivity index (χ0) is 34.5. The lowest BCUT2D eigenvalue weighted by molar-refractivity contribution is -0.167. The molecule has 1 atom stereocenters. The van der Waals surface area contributed by atoms with Crippen molar-refractivity contribution in [3.8, 4) is 0 Å². The number of unbranched alkanes of at least 4 members (excludes halogenated alkanes) is 14. The lowest BCUT2D eigenvalue weighted by Crippen LogP contribution is -2.30. The maximum absolute atomic E-state index is 12.5. The zero-order valence-corrected chi connectivity index (χ0v) is 30.5.